The van der Waals surface area contributed by atoms with Crippen molar-refractivity contribution in [3.05, 3.63) is 29.8 Å². The maximum Gasteiger partial charge on any atom is 0.233 e. The van der Waals surface area contributed by atoms with Gasteiger partial charge < -0.3 is 21.1 Å². The van der Waals surface area contributed by atoms with Gasteiger partial charge in [-0.2, -0.15) is 0 Å². The van der Waals surface area contributed by atoms with E-state index in [9.17, 15) is 9.59 Å². The van der Waals surface area contributed by atoms with E-state index in [1.807, 2.05) is 24.3 Å². The number of carbonyl (C=O) groups is 2. The number of nitrogens with zero attached hydrogens (tertiary/aromatic N) is 1. The molecule has 28 heavy (non-hydrogen) atoms. The largest absolute Gasteiger partial charge is 0.384 e. The number of nitrogens with one attached hydrogen (secondary N) is 2. The summed E-state index contributed by atoms with van der Waals surface area (Å²) in [6, 6.07) is 7.97. The number of likely N-dealkylation sites (tertiary alicyclic amines) is 1. The number of piperidine rings is 2. The summed E-state index contributed by atoms with van der Waals surface area (Å²) in [6.07, 6.45) is 3.44. The smallest absolute Gasteiger partial charge is 0.233 e. The Morgan fingerprint density at radius 2 is 2.00 bits per heavy atom. The van der Waals surface area contributed by atoms with Gasteiger partial charge in [-0.15, -0.1) is 0 Å². The Morgan fingerprint density at radius 1 is 1.29 bits per heavy atom. The fourth-order valence-electron chi connectivity index (χ4n) is 4.27. The molecule has 1 aromatic rings. The molecule has 0 spiro atoms. The fraction of sp³-hybridized carbons (Fsp3) is 0.619. The second-order valence-electron chi connectivity index (χ2n) is 8.09. The molecule has 3 rings (SSSR count). The molecule has 1 aromatic carbocycles. The van der Waals surface area contributed by atoms with E-state index < -0.39 is 5.41 Å². The number of benzene rings is 1. The minimum atomic E-state index is -0.462. The lowest BCUT2D eigenvalue weighted by atomic mass is 9.78. The summed E-state index contributed by atoms with van der Waals surface area (Å²) in [5.41, 5.74) is 6.97. The van der Waals surface area contributed by atoms with Crippen molar-refractivity contribution in [1.82, 2.24) is 10.2 Å². The third-order valence-electron chi connectivity index (χ3n) is 5.99. The number of primary amides is 1. The molecule has 7 heteroatoms. The van der Waals surface area contributed by atoms with Gasteiger partial charge in [-0.25, -0.2) is 0 Å². The van der Waals surface area contributed by atoms with E-state index >= 15 is 0 Å². The predicted molar refractivity (Wildman–Crippen MR) is 109 cm³/mol. The summed E-state index contributed by atoms with van der Waals surface area (Å²) in [7, 11) is 1.65. The molecule has 1 atom stereocenters. The summed E-state index contributed by atoms with van der Waals surface area (Å²) in [5, 5.41) is 6.37. The first-order chi connectivity index (χ1) is 13.5. The first-order valence-corrected chi connectivity index (χ1v) is 10.1. The van der Waals surface area contributed by atoms with E-state index in [-0.39, 0.29) is 17.7 Å². The molecule has 2 heterocycles. The minimum absolute atomic E-state index is 0.0314. The van der Waals surface area contributed by atoms with Crippen LogP contribution in [0.4, 0.5) is 5.69 Å². The zero-order valence-electron chi connectivity index (χ0n) is 16.7. The number of anilines is 1. The quantitative estimate of drug-likeness (QED) is 0.655. The van der Waals surface area contributed by atoms with Crippen LogP contribution in [0.25, 0.3) is 0 Å². The van der Waals surface area contributed by atoms with Gasteiger partial charge in [0.05, 0.1) is 17.9 Å². The number of methoxy groups -OCH3 is 1. The maximum absolute atomic E-state index is 12.9. The number of hydrogen-bond acceptors (Lipinski definition) is 5. The molecule has 2 aliphatic rings. The van der Waals surface area contributed by atoms with Crippen molar-refractivity contribution in [2.45, 2.75) is 32.2 Å². The Hall–Kier alpha value is -1.96. The van der Waals surface area contributed by atoms with Crippen LogP contribution in [0.15, 0.2) is 24.3 Å². The van der Waals surface area contributed by atoms with Crippen LogP contribution in [0, 0.1) is 11.3 Å². The monoisotopic (exact) mass is 388 g/mol. The van der Waals surface area contributed by atoms with Gasteiger partial charge in [-0.3, -0.25) is 14.5 Å². The van der Waals surface area contributed by atoms with Crippen molar-refractivity contribution in [3.8, 4) is 0 Å². The van der Waals surface area contributed by atoms with Gasteiger partial charge in [-0.1, -0.05) is 12.1 Å². The molecule has 2 aliphatic heterocycles. The molecule has 1 unspecified atom stereocenters. The fourth-order valence-corrected chi connectivity index (χ4v) is 4.27. The highest BCUT2D eigenvalue weighted by atomic mass is 16.5. The normalized spacial score (nSPS) is 22.5. The lowest BCUT2D eigenvalue weighted by molar-refractivity contribution is -0.130. The molecular formula is C21H32N4O3. The van der Waals surface area contributed by atoms with Crippen molar-refractivity contribution >= 4 is 17.5 Å². The SMILES string of the molecule is COCC1(C(=O)Nc2ccc(CN3CCCC(C(N)=O)C3)cc2)CCNCC1. The Morgan fingerprint density at radius 3 is 2.64 bits per heavy atom. The van der Waals surface area contributed by atoms with Crippen LogP contribution in [0.3, 0.4) is 0 Å². The van der Waals surface area contributed by atoms with Crippen LogP contribution in [0.1, 0.15) is 31.2 Å². The summed E-state index contributed by atoms with van der Waals surface area (Å²) in [6.45, 7) is 4.60. The highest BCUT2D eigenvalue weighted by Crippen LogP contribution is 2.31. The second-order valence-corrected chi connectivity index (χ2v) is 8.09. The highest BCUT2D eigenvalue weighted by molar-refractivity contribution is 5.95. The standard InChI is InChI=1S/C21H32N4O3/c1-28-15-21(8-10-23-11-9-21)20(27)24-18-6-4-16(5-7-18)13-25-12-2-3-17(14-25)19(22)26/h4-7,17,23H,2-3,8-15H2,1H3,(H2,22,26)(H,24,27). The number of rotatable bonds is 7. The number of carbonyl (C=O) groups excluding carboxylic acids is 2. The predicted octanol–water partition coefficient (Wildman–Crippen LogP) is 1.34. The molecule has 7 nitrogen and oxygen atoms in total. The summed E-state index contributed by atoms with van der Waals surface area (Å²) in [5.74, 6) is -0.219. The van der Waals surface area contributed by atoms with E-state index in [1.54, 1.807) is 7.11 Å². The average molecular weight is 389 g/mol. The van der Waals surface area contributed by atoms with Crippen molar-refractivity contribution < 1.29 is 14.3 Å². The molecule has 0 aromatic heterocycles. The van der Waals surface area contributed by atoms with Crippen LogP contribution in [0.5, 0.6) is 0 Å². The molecule has 154 valence electrons. The molecule has 4 N–H and O–H groups in total. The lowest BCUT2D eigenvalue weighted by Crippen LogP contribution is -2.47. The third-order valence-corrected chi connectivity index (χ3v) is 5.99. The lowest BCUT2D eigenvalue weighted by Gasteiger charge is -2.35. The first-order valence-electron chi connectivity index (χ1n) is 10.1. The first kappa shape index (κ1) is 20.8. The zero-order chi connectivity index (χ0) is 20.0. The topological polar surface area (TPSA) is 96.7 Å². The van der Waals surface area contributed by atoms with Gasteiger partial charge >= 0.3 is 0 Å². The van der Waals surface area contributed by atoms with Gasteiger partial charge in [0.25, 0.3) is 0 Å². The van der Waals surface area contributed by atoms with Crippen molar-refractivity contribution in [2.24, 2.45) is 17.1 Å². The molecule has 0 radical (unpaired) electrons. The van der Waals surface area contributed by atoms with E-state index in [0.717, 1.165) is 69.7 Å². The van der Waals surface area contributed by atoms with Crippen LogP contribution in [-0.4, -0.2) is 56.6 Å². The van der Waals surface area contributed by atoms with Gasteiger partial charge in [0.15, 0.2) is 0 Å². The summed E-state index contributed by atoms with van der Waals surface area (Å²) < 4.78 is 5.35. The zero-order valence-corrected chi connectivity index (χ0v) is 16.7. The van der Waals surface area contributed by atoms with Gasteiger partial charge in [0, 0.05) is 25.9 Å². The van der Waals surface area contributed by atoms with Crippen LogP contribution in [0.2, 0.25) is 0 Å². The van der Waals surface area contributed by atoms with Gasteiger partial charge in [0.2, 0.25) is 11.8 Å². The summed E-state index contributed by atoms with van der Waals surface area (Å²) >= 11 is 0. The number of amides is 2. The molecule has 2 saturated heterocycles. The molecule has 0 aliphatic carbocycles. The molecular weight excluding hydrogens is 356 g/mol. The van der Waals surface area contributed by atoms with Gasteiger partial charge in [0.1, 0.15) is 0 Å². The van der Waals surface area contributed by atoms with E-state index in [4.69, 9.17) is 10.5 Å². The Labute approximate surface area is 167 Å². The van der Waals surface area contributed by atoms with Crippen molar-refractivity contribution in [1.29, 1.82) is 0 Å². The third kappa shape index (κ3) is 5.10. The molecule has 2 fully saturated rings. The number of ether oxygens (including phenoxy) is 1. The molecule has 2 amide bonds. The van der Waals surface area contributed by atoms with E-state index in [0.29, 0.717) is 6.61 Å². The Balaban J connectivity index is 1.58. The highest BCUT2D eigenvalue weighted by Gasteiger charge is 2.39. The number of nitrogens with two attached hydrogens (primary N) is 1. The van der Waals surface area contributed by atoms with E-state index in [1.165, 1.54) is 0 Å². The molecule has 0 saturated carbocycles. The average Bonchev–Trinajstić information content (AvgIpc) is 2.70. The minimum Gasteiger partial charge on any atom is -0.384 e. The number of hydrogen-bond donors (Lipinski definition) is 3. The van der Waals surface area contributed by atoms with Crippen LogP contribution < -0.4 is 16.4 Å². The Bertz CT molecular complexity index is 665. The van der Waals surface area contributed by atoms with Crippen LogP contribution >= 0.6 is 0 Å². The van der Waals surface area contributed by atoms with Crippen LogP contribution in [-0.2, 0) is 20.9 Å². The van der Waals surface area contributed by atoms with Gasteiger partial charge in [-0.05, 0) is 63.0 Å². The van der Waals surface area contributed by atoms with Crippen molar-refractivity contribution in [2.75, 3.05) is 45.2 Å². The maximum atomic E-state index is 12.9. The summed E-state index contributed by atoms with van der Waals surface area (Å²) in [4.78, 5) is 26.6. The molecule has 0 bridgehead atoms. The van der Waals surface area contributed by atoms with E-state index in [2.05, 4.69) is 15.5 Å². The second kappa shape index (κ2) is 9.49. The Kier molecular flexibility index (Phi) is 7.04. The van der Waals surface area contributed by atoms with Crippen molar-refractivity contribution in [3.63, 3.8) is 0 Å².